The van der Waals surface area contributed by atoms with Gasteiger partial charge in [-0.25, -0.2) is 4.68 Å². The topological polar surface area (TPSA) is 58.4 Å². The van der Waals surface area contributed by atoms with Gasteiger partial charge in [0.1, 0.15) is 5.15 Å². The van der Waals surface area contributed by atoms with Crippen LogP contribution in [-0.2, 0) is 6.54 Å². The maximum atomic E-state index is 12.7. The van der Waals surface area contributed by atoms with Crippen LogP contribution in [0.15, 0.2) is 36.9 Å². The minimum absolute atomic E-state index is 0.117. The van der Waals surface area contributed by atoms with Gasteiger partial charge in [-0.05, 0) is 19.4 Å². The van der Waals surface area contributed by atoms with Crippen molar-refractivity contribution in [2.24, 2.45) is 0 Å². The van der Waals surface area contributed by atoms with Gasteiger partial charge in [-0.2, -0.15) is 5.10 Å². The maximum absolute atomic E-state index is 12.7. The molecule has 0 unspecified atom stereocenters. The molecule has 2 rings (SSSR count). The van der Waals surface area contributed by atoms with E-state index < -0.39 is 0 Å². The summed E-state index contributed by atoms with van der Waals surface area (Å²) in [5.74, 6) is -0.249. The van der Waals surface area contributed by atoms with Crippen LogP contribution in [0.5, 0.6) is 0 Å². The fraction of sp³-hybridized carbons (Fsp3) is 0.333. The lowest BCUT2D eigenvalue weighted by atomic mass is 10.1. The summed E-state index contributed by atoms with van der Waals surface area (Å²) in [5.41, 5.74) is 3.19. The zero-order valence-electron chi connectivity index (χ0n) is 14.0. The van der Waals surface area contributed by atoms with Gasteiger partial charge in [-0.15, -0.1) is 6.58 Å². The zero-order valence-corrected chi connectivity index (χ0v) is 14.8. The first-order valence-electron chi connectivity index (χ1n) is 7.77. The first-order valence-corrected chi connectivity index (χ1v) is 8.15. The van der Waals surface area contributed by atoms with Gasteiger partial charge in [-0.3, -0.25) is 4.79 Å². The molecule has 1 aromatic heterocycles. The number of rotatable bonds is 7. The van der Waals surface area contributed by atoms with Crippen LogP contribution in [0.3, 0.4) is 0 Å². The van der Waals surface area contributed by atoms with Crippen molar-refractivity contribution in [2.45, 2.75) is 20.4 Å². The average Bonchev–Trinajstić information content (AvgIpc) is 2.83. The molecule has 0 spiro atoms. The highest BCUT2D eigenvalue weighted by atomic mass is 35.5. The highest BCUT2D eigenvalue weighted by molar-refractivity contribution is 6.33. The summed E-state index contributed by atoms with van der Waals surface area (Å²) in [4.78, 5) is 14.2. The van der Waals surface area contributed by atoms with Gasteiger partial charge in [0.2, 0.25) is 0 Å². The van der Waals surface area contributed by atoms with Crippen LogP contribution in [0.25, 0.3) is 0 Å². The third kappa shape index (κ3) is 4.04. The number of amides is 1. The lowest BCUT2D eigenvalue weighted by Crippen LogP contribution is -2.34. The number of hydrogen-bond acceptors (Lipinski definition) is 3. The number of aliphatic hydroxyl groups is 1. The second-order valence-corrected chi connectivity index (χ2v) is 6.02. The molecular formula is C18H22ClN3O2. The first kappa shape index (κ1) is 18.2. The number of aliphatic hydroxyl groups excluding tert-OH is 1. The molecule has 1 N–H and O–H groups in total. The number of carbonyl (C=O) groups excluding carboxylic acids is 1. The Kier molecular flexibility index (Phi) is 6.17. The second kappa shape index (κ2) is 8.13. The van der Waals surface area contributed by atoms with E-state index in [0.29, 0.717) is 29.5 Å². The fourth-order valence-electron chi connectivity index (χ4n) is 2.48. The Balaban J connectivity index is 2.29. The number of hydrogen-bond donors (Lipinski definition) is 1. The van der Waals surface area contributed by atoms with Gasteiger partial charge in [0.25, 0.3) is 5.91 Å². The Hall–Kier alpha value is -2.11. The van der Waals surface area contributed by atoms with Crippen molar-refractivity contribution in [1.82, 2.24) is 14.7 Å². The van der Waals surface area contributed by atoms with Crippen molar-refractivity contribution in [3.05, 3.63) is 64.5 Å². The maximum Gasteiger partial charge on any atom is 0.259 e. The molecule has 5 nitrogen and oxygen atoms in total. The molecular weight excluding hydrogens is 326 g/mol. The molecule has 0 aliphatic heterocycles. The number of benzene rings is 1. The summed E-state index contributed by atoms with van der Waals surface area (Å²) < 4.78 is 1.62. The van der Waals surface area contributed by atoms with Crippen LogP contribution in [0.1, 0.15) is 27.2 Å². The summed E-state index contributed by atoms with van der Waals surface area (Å²) >= 11 is 6.41. The predicted octanol–water partition coefficient (Wildman–Crippen LogP) is 2.82. The van der Waals surface area contributed by atoms with Crippen molar-refractivity contribution in [1.29, 1.82) is 0 Å². The van der Waals surface area contributed by atoms with Crippen molar-refractivity contribution in [2.75, 3.05) is 19.7 Å². The molecule has 0 aliphatic carbocycles. The Morgan fingerprint density at radius 3 is 2.62 bits per heavy atom. The van der Waals surface area contributed by atoms with E-state index in [1.54, 1.807) is 17.7 Å². The van der Waals surface area contributed by atoms with E-state index in [1.165, 1.54) is 10.5 Å². The summed E-state index contributed by atoms with van der Waals surface area (Å²) in [7, 11) is 0. The number of nitrogens with zero attached hydrogens (tertiary/aromatic N) is 3. The number of halogens is 1. The molecule has 0 bridgehead atoms. The average molecular weight is 348 g/mol. The van der Waals surface area contributed by atoms with Crippen molar-refractivity contribution < 1.29 is 9.90 Å². The van der Waals surface area contributed by atoms with Crippen LogP contribution in [0, 0.1) is 13.8 Å². The smallest absolute Gasteiger partial charge is 0.259 e. The van der Waals surface area contributed by atoms with Crippen LogP contribution in [-0.4, -0.2) is 45.4 Å². The molecule has 128 valence electrons. The molecule has 0 aliphatic rings. The minimum atomic E-state index is -0.249. The van der Waals surface area contributed by atoms with Crippen molar-refractivity contribution >= 4 is 17.5 Å². The first-order chi connectivity index (χ1) is 11.5. The van der Waals surface area contributed by atoms with Gasteiger partial charge >= 0.3 is 0 Å². The number of aryl methyl sites for hydroxylation is 2. The molecule has 0 fully saturated rings. The standard InChI is InChI=1S/C18H22ClN3O2/c1-4-9-21(10-11-23)18(24)16-14(3)20-22(17(16)19)12-15-7-5-13(2)6-8-15/h4-8,23H,1,9-12H2,2-3H3. The third-order valence-electron chi connectivity index (χ3n) is 3.74. The van der Waals surface area contributed by atoms with E-state index in [4.69, 9.17) is 16.7 Å². The number of carbonyl (C=O) groups is 1. The predicted molar refractivity (Wildman–Crippen MR) is 95.4 cm³/mol. The Morgan fingerprint density at radius 1 is 1.38 bits per heavy atom. The molecule has 6 heteroatoms. The normalized spacial score (nSPS) is 10.7. The Bertz CT molecular complexity index is 723. The van der Waals surface area contributed by atoms with E-state index in [1.807, 2.05) is 31.2 Å². The lowest BCUT2D eigenvalue weighted by molar-refractivity contribution is 0.0742. The summed E-state index contributed by atoms with van der Waals surface area (Å²) in [5, 5.41) is 13.8. The van der Waals surface area contributed by atoms with Crippen molar-refractivity contribution in [3.63, 3.8) is 0 Å². The molecule has 0 radical (unpaired) electrons. The van der Waals surface area contributed by atoms with E-state index in [9.17, 15) is 4.79 Å². The highest BCUT2D eigenvalue weighted by Gasteiger charge is 2.24. The summed E-state index contributed by atoms with van der Waals surface area (Å²) in [6.07, 6.45) is 1.62. The van der Waals surface area contributed by atoms with Gasteiger partial charge < -0.3 is 10.0 Å². The van der Waals surface area contributed by atoms with E-state index in [2.05, 4.69) is 11.7 Å². The molecule has 24 heavy (non-hydrogen) atoms. The van der Waals surface area contributed by atoms with Gasteiger partial charge in [0.05, 0.1) is 24.4 Å². The third-order valence-corrected chi connectivity index (χ3v) is 4.12. The Labute approximate surface area is 147 Å². The SMILES string of the molecule is C=CCN(CCO)C(=O)c1c(C)nn(Cc2ccc(C)cc2)c1Cl. The molecule has 1 heterocycles. The highest BCUT2D eigenvalue weighted by Crippen LogP contribution is 2.23. The molecule has 1 aromatic carbocycles. The molecule has 0 saturated heterocycles. The lowest BCUT2D eigenvalue weighted by Gasteiger charge is -2.19. The number of aromatic nitrogens is 2. The second-order valence-electron chi connectivity index (χ2n) is 5.66. The van der Waals surface area contributed by atoms with Crippen LogP contribution < -0.4 is 0 Å². The zero-order chi connectivity index (χ0) is 17.7. The largest absolute Gasteiger partial charge is 0.395 e. The molecule has 0 atom stereocenters. The van der Waals surface area contributed by atoms with Crippen LogP contribution in [0.4, 0.5) is 0 Å². The Morgan fingerprint density at radius 2 is 2.04 bits per heavy atom. The quantitative estimate of drug-likeness (QED) is 0.783. The molecule has 1 amide bonds. The van der Waals surface area contributed by atoms with Crippen LogP contribution in [0.2, 0.25) is 5.15 Å². The van der Waals surface area contributed by atoms with E-state index >= 15 is 0 Å². The van der Waals surface area contributed by atoms with Gasteiger partial charge in [0.15, 0.2) is 0 Å². The molecule has 2 aromatic rings. The van der Waals surface area contributed by atoms with Gasteiger partial charge in [-0.1, -0.05) is 47.5 Å². The monoisotopic (exact) mass is 347 g/mol. The van der Waals surface area contributed by atoms with Gasteiger partial charge in [0, 0.05) is 13.1 Å². The summed E-state index contributed by atoms with van der Waals surface area (Å²) in [6.45, 7) is 8.38. The molecule has 0 saturated carbocycles. The van der Waals surface area contributed by atoms with Crippen molar-refractivity contribution in [3.8, 4) is 0 Å². The van der Waals surface area contributed by atoms with E-state index in [0.717, 1.165) is 5.56 Å². The van der Waals surface area contributed by atoms with E-state index in [-0.39, 0.29) is 19.1 Å². The minimum Gasteiger partial charge on any atom is -0.395 e. The van der Waals surface area contributed by atoms with Crippen LogP contribution >= 0.6 is 11.6 Å². The summed E-state index contributed by atoms with van der Waals surface area (Å²) in [6, 6.07) is 8.08. The fourth-order valence-corrected chi connectivity index (χ4v) is 2.79.